The number of benzene rings is 3. The van der Waals surface area contributed by atoms with Crippen LogP contribution in [0.5, 0.6) is 0 Å². The van der Waals surface area contributed by atoms with Gasteiger partial charge in [0.25, 0.3) is 5.56 Å². The fourth-order valence-corrected chi connectivity index (χ4v) is 5.15. The fourth-order valence-electron chi connectivity index (χ4n) is 4.41. The summed E-state index contributed by atoms with van der Waals surface area (Å²) in [5.74, 6) is 0.871. The Morgan fingerprint density at radius 2 is 1.64 bits per heavy atom. The summed E-state index contributed by atoms with van der Waals surface area (Å²) in [6.07, 6.45) is 0. The molecule has 5 aromatic rings. The Bertz CT molecular complexity index is 1630. The number of fused-ring (bicyclic) bond motifs is 3. The molecule has 0 saturated carbocycles. The number of amides is 1. The van der Waals surface area contributed by atoms with Crippen molar-refractivity contribution in [2.45, 2.75) is 38.8 Å². The van der Waals surface area contributed by atoms with Gasteiger partial charge >= 0.3 is 0 Å². The van der Waals surface area contributed by atoms with Crippen LogP contribution in [0.25, 0.3) is 22.4 Å². The summed E-state index contributed by atoms with van der Waals surface area (Å²) in [7, 11) is 0. The van der Waals surface area contributed by atoms with E-state index in [9.17, 15) is 9.59 Å². The van der Waals surface area contributed by atoms with Gasteiger partial charge in [-0.25, -0.2) is 4.57 Å². The Morgan fingerprint density at radius 1 is 0.944 bits per heavy atom. The van der Waals surface area contributed by atoms with Crippen molar-refractivity contribution >= 4 is 40.0 Å². The Kier molecular flexibility index (Phi) is 6.36. The number of nitrogens with one attached hydrogen (secondary N) is 1. The van der Waals surface area contributed by atoms with Gasteiger partial charge in [-0.2, -0.15) is 0 Å². The average molecular weight is 498 g/mol. The Morgan fingerprint density at radius 3 is 2.33 bits per heavy atom. The number of rotatable bonds is 6. The van der Waals surface area contributed by atoms with E-state index in [4.69, 9.17) is 0 Å². The van der Waals surface area contributed by atoms with Crippen molar-refractivity contribution in [2.75, 3.05) is 11.1 Å². The molecular formula is C28H27N5O2S. The van der Waals surface area contributed by atoms with Gasteiger partial charge in [-0.05, 0) is 60.7 Å². The first kappa shape index (κ1) is 23.8. The van der Waals surface area contributed by atoms with Crippen LogP contribution in [0, 0.1) is 13.8 Å². The van der Waals surface area contributed by atoms with Crippen molar-refractivity contribution in [2.24, 2.45) is 0 Å². The van der Waals surface area contributed by atoms with Gasteiger partial charge in [-0.1, -0.05) is 68.1 Å². The minimum Gasteiger partial charge on any atom is -0.325 e. The van der Waals surface area contributed by atoms with E-state index in [2.05, 4.69) is 29.4 Å². The van der Waals surface area contributed by atoms with E-state index in [1.807, 2.05) is 85.0 Å². The van der Waals surface area contributed by atoms with E-state index in [0.29, 0.717) is 27.8 Å². The molecule has 0 unspecified atom stereocenters. The van der Waals surface area contributed by atoms with Gasteiger partial charge in [0.2, 0.25) is 11.7 Å². The van der Waals surface area contributed by atoms with E-state index in [0.717, 1.165) is 22.5 Å². The first-order valence-corrected chi connectivity index (χ1v) is 12.8. The first-order valence-electron chi connectivity index (χ1n) is 11.8. The number of aryl methyl sites for hydroxylation is 2. The van der Waals surface area contributed by atoms with Crippen LogP contribution in [0.1, 0.15) is 36.5 Å². The molecule has 0 spiro atoms. The summed E-state index contributed by atoms with van der Waals surface area (Å²) >= 11 is 1.29. The van der Waals surface area contributed by atoms with Crippen molar-refractivity contribution in [1.29, 1.82) is 0 Å². The molecule has 3 aromatic carbocycles. The third kappa shape index (κ3) is 4.28. The SMILES string of the molecule is Cc1cccc(C)c1-n1c(=O)c2ccccc2n2c(SCC(=O)Nc3ccc(C(C)C)cc3)nnc12. The molecule has 8 heteroatoms. The Labute approximate surface area is 213 Å². The third-order valence-electron chi connectivity index (χ3n) is 6.25. The second-order valence-electron chi connectivity index (χ2n) is 9.13. The molecule has 0 radical (unpaired) electrons. The highest BCUT2D eigenvalue weighted by molar-refractivity contribution is 7.99. The molecule has 5 rings (SSSR count). The van der Waals surface area contributed by atoms with E-state index in [-0.39, 0.29) is 17.2 Å². The van der Waals surface area contributed by atoms with Crippen LogP contribution in [-0.4, -0.2) is 30.8 Å². The van der Waals surface area contributed by atoms with E-state index < -0.39 is 0 Å². The Hall–Kier alpha value is -3.91. The molecule has 0 aliphatic carbocycles. The third-order valence-corrected chi connectivity index (χ3v) is 7.18. The van der Waals surface area contributed by atoms with Gasteiger partial charge in [0.15, 0.2) is 5.16 Å². The second kappa shape index (κ2) is 9.62. The van der Waals surface area contributed by atoms with Gasteiger partial charge in [0.05, 0.1) is 22.3 Å². The number of para-hydroxylation sites is 2. The molecule has 2 heterocycles. The minimum absolute atomic E-state index is 0.138. The Balaban J connectivity index is 1.52. The van der Waals surface area contributed by atoms with Gasteiger partial charge in [0, 0.05) is 5.69 Å². The molecular weight excluding hydrogens is 470 g/mol. The highest BCUT2D eigenvalue weighted by Gasteiger charge is 2.20. The molecule has 1 amide bonds. The lowest BCUT2D eigenvalue weighted by Gasteiger charge is -2.15. The number of aromatic nitrogens is 4. The zero-order valence-electron chi connectivity index (χ0n) is 20.6. The van der Waals surface area contributed by atoms with Crippen molar-refractivity contribution in [3.63, 3.8) is 0 Å². The molecule has 182 valence electrons. The van der Waals surface area contributed by atoms with Gasteiger partial charge < -0.3 is 5.32 Å². The van der Waals surface area contributed by atoms with E-state index in [1.54, 1.807) is 4.57 Å². The maximum Gasteiger partial charge on any atom is 0.267 e. The van der Waals surface area contributed by atoms with Crippen molar-refractivity contribution < 1.29 is 4.79 Å². The molecule has 0 fully saturated rings. The summed E-state index contributed by atoms with van der Waals surface area (Å²) in [4.78, 5) is 26.3. The van der Waals surface area contributed by atoms with Crippen molar-refractivity contribution in [3.05, 3.63) is 93.8 Å². The zero-order valence-corrected chi connectivity index (χ0v) is 21.5. The summed E-state index contributed by atoms with van der Waals surface area (Å²) in [6, 6.07) is 21.2. The maximum absolute atomic E-state index is 13.6. The standard InChI is InChI=1S/C28H27N5O2S/c1-17(2)20-12-14-21(15-13-20)29-24(34)16-36-28-31-30-27-32(28)23-11-6-5-10-22(23)26(35)33(27)25-18(3)8-7-9-19(25)4/h5-15,17H,16H2,1-4H3,(H,29,34). The molecule has 0 aliphatic rings. The predicted molar refractivity (Wildman–Crippen MR) is 145 cm³/mol. The molecule has 36 heavy (non-hydrogen) atoms. The van der Waals surface area contributed by atoms with Crippen LogP contribution >= 0.6 is 11.8 Å². The smallest absolute Gasteiger partial charge is 0.267 e. The van der Waals surface area contributed by atoms with Gasteiger partial charge in [-0.3, -0.25) is 14.0 Å². The predicted octanol–water partition coefficient (Wildman–Crippen LogP) is 5.50. The van der Waals surface area contributed by atoms with Crippen molar-refractivity contribution in [1.82, 2.24) is 19.2 Å². The molecule has 0 atom stereocenters. The maximum atomic E-state index is 13.6. The lowest BCUT2D eigenvalue weighted by molar-refractivity contribution is -0.113. The molecule has 2 aromatic heterocycles. The van der Waals surface area contributed by atoms with Crippen LogP contribution in [-0.2, 0) is 4.79 Å². The second-order valence-corrected chi connectivity index (χ2v) is 10.1. The zero-order chi connectivity index (χ0) is 25.4. The normalized spacial score (nSPS) is 11.5. The monoisotopic (exact) mass is 497 g/mol. The number of hydrogen-bond donors (Lipinski definition) is 1. The number of carbonyl (C=O) groups is 1. The summed E-state index contributed by atoms with van der Waals surface area (Å²) < 4.78 is 3.48. The largest absolute Gasteiger partial charge is 0.325 e. The molecule has 0 aliphatic heterocycles. The quantitative estimate of drug-likeness (QED) is 0.313. The number of hydrogen-bond acceptors (Lipinski definition) is 5. The molecule has 0 bridgehead atoms. The lowest BCUT2D eigenvalue weighted by Crippen LogP contribution is -2.23. The summed E-state index contributed by atoms with van der Waals surface area (Å²) in [5.41, 5.74) is 5.26. The summed E-state index contributed by atoms with van der Waals surface area (Å²) in [6.45, 7) is 8.22. The lowest BCUT2D eigenvalue weighted by atomic mass is 10.0. The topological polar surface area (TPSA) is 81.3 Å². The highest BCUT2D eigenvalue weighted by atomic mass is 32.2. The number of nitrogens with zero attached hydrogens (tertiary/aromatic N) is 4. The van der Waals surface area contributed by atoms with Crippen LogP contribution in [0.2, 0.25) is 0 Å². The number of carbonyl (C=O) groups excluding carboxylic acids is 1. The fraction of sp³-hybridized carbons (Fsp3) is 0.214. The van der Waals surface area contributed by atoms with Crippen LogP contribution in [0.4, 0.5) is 5.69 Å². The number of thioether (sulfide) groups is 1. The van der Waals surface area contributed by atoms with Gasteiger partial charge in [-0.15, -0.1) is 10.2 Å². The van der Waals surface area contributed by atoms with Gasteiger partial charge in [0.1, 0.15) is 0 Å². The number of anilines is 1. The average Bonchev–Trinajstić information content (AvgIpc) is 3.28. The van der Waals surface area contributed by atoms with Crippen LogP contribution < -0.4 is 10.9 Å². The van der Waals surface area contributed by atoms with E-state index in [1.165, 1.54) is 17.3 Å². The summed E-state index contributed by atoms with van der Waals surface area (Å²) in [5, 5.41) is 12.8. The minimum atomic E-state index is -0.151. The highest BCUT2D eigenvalue weighted by Crippen LogP contribution is 2.26. The molecule has 0 saturated heterocycles. The van der Waals surface area contributed by atoms with Crippen LogP contribution in [0.3, 0.4) is 0 Å². The van der Waals surface area contributed by atoms with Crippen molar-refractivity contribution in [3.8, 4) is 5.69 Å². The van der Waals surface area contributed by atoms with Crippen LogP contribution in [0.15, 0.2) is 76.7 Å². The first-order chi connectivity index (χ1) is 17.3. The molecule has 1 N–H and O–H groups in total. The molecule has 7 nitrogen and oxygen atoms in total. The van der Waals surface area contributed by atoms with E-state index >= 15 is 0 Å².